The van der Waals surface area contributed by atoms with Crippen LogP contribution in [0.4, 0.5) is 0 Å². The topological polar surface area (TPSA) is 26.3 Å². The highest BCUT2D eigenvalue weighted by atomic mass is 16.5. The van der Waals surface area contributed by atoms with Gasteiger partial charge in [0.05, 0.1) is 0 Å². The van der Waals surface area contributed by atoms with Crippen LogP contribution >= 0.6 is 0 Å². The van der Waals surface area contributed by atoms with Gasteiger partial charge >= 0.3 is 5.97 Å². The molecule has 132 valence electrons. The molecule has 0 atom stereocenters. The quantitative estimate of drug-likeness (QED) is 0.336. The largest absolute Gasteiger partial charge is 0.461 e. The van der Waals surface area contributed by atoms with E-state index in [1.165, 1.54) is 71.1 Å². The first-order valence-corrected chi connectivity index (χ1v) is 9.38. The van der Waals surface area contributed by atoms with Gasteiger partial charge in [0.1, 0.15) is 6.61 Å². The molecule has 0 aliphatic heterocycles. The Morgan fingerprint density at radius 3 is 1.61 bits per heavy atom. The number of benzene rings is 1. The van der Waals surface area contributed by atoms with Gasteiger partial charge in [-0.15, -0.1) is 0 Å². The number of carbonyl (C=O) groups is 1. The standard InChI is InChI=1S/C12H26.C9H10O2/c1-3-5-7-9-11-12-10-8-6-4-2;1-8(10)11-7-9-5-3-2-4-6-9/h3-12H2,1-2H3;2-6H,7H2,1H3. The SMILES string of the molecule is CC(=O)OCc1ccccc1.CCCCCCCCCCCC. The summed E-state index contributed by atoms with van der Waals surface area (Å²) >= 11 is 0. The molecule has 1 aromatic carbocycles. The van der Waals surface area contributed by atoms with Crippen LogP contribution in [0.15, 0.2) is 30.3 Å². The fourth-order valence-corrected chi connectivity index (χ4v) is 2.32. The Kier molecular flexibility index (Phi) is 16.1. The fourth-order valence-electron chi connectivity index (χ4n) is 2.32. The highest BCUT2D eigenvalue weighted by Gasteiger charge is 1.93. The number of rotatable bonds is 11. The highest BCUT2D eigenvalue weighted by Crippen LogP contribution is 2.09. The van der Waals surface area contributed by atoms with Crippen LogP contribution in [-0.2, 0) is 16.1 Å². The van der Waals surface area contributed by atoms with E-state index in [1.807, 2.05) is 30.3 Å². The first-order chi connectivity index (χ1) is 11.2. The van der Waals surface area contributed by atoms with Gasteiger partial charge in [-0.1, -0.05) is 108 Å². The summed E-state index contributed by atoms with van der Waals surface area (Å²) in [5, 5.41) is 0. The van der Waals surface area contributed by atoms with Crippen LogP contribution in [0.5, 0.6) is 0 Å². The third-order valence-corrected chi connectivity index (χ3v) is 3.74. The summed E-state index contributed by atoms with van der Waals surface area (Å²) in [6.45, 7) is 6.33. The van der Waals surface area contributed by atoms with E-state index in [0.717, 1.165) is 5.56 Å². The molecule has 0 aliphatic rings. The Hall–Kier alpha value is -1.31. The first-order valence-electron chi connectivity index (χ1n) is 9.38. The molecule has 0 N–H and O–H groups in total. The summed E-state index contributed by atoms with van der Waals surface area (Å²) in [6, 6.07) is 9.60. The van der Waals surface area contributed by atoms with E-state index in [2.05, 4.69) is 13.8 Å². The van der Waals surface area contributed by atoms with Crippen molar-refractivity contribution >= 4 is 5.97 Å². The number of ether oxygens (including phenoxy) is 1. The minimum absolute atomic E-state index is 0.242. The van der Waals surface area contributed by atoms with E-state index in [9.17, 15) is 4.79 Å². The van der Waals surface area contributed by atoms with E-state index in [1.54, 1.807) is 0 Å². The predicted octanol–water partition coefficient (Wildman–Crippen LogP) is 6.68. The van der Waals surface area contributed by atoms with Crippen LogP contribution in [0.3, 0.4) is 0 Å². The molecule has 1 aromatic rings. The normalized spacial score (nSPS) is 9.87. The van der Waals surface area contributed by atoms with Crippen LogP contribution in [-0.4, -0.2) is 5.97 Å². The molecule has 0 aliphatic carbocycles. The average molecular weight is 321 g/mol. The second-order valence-electron chi connectivity index (χ2n) is 6.09. The molecule has 0 spiro atoms. The van der Waals surface area contributed by atoms with E-state index in [-0.39, 0.29) is 5.97 Å². The molecule has 0 fully saturated rings. The molecule has 23 heavy (non-hydrogen) atoms. The minimum atomic E-state index is -0.242. The lowest BCUT2D eigenvalue weighted by Crippen LogP contribution is -1.97. The molecule has 1 rings (SSSR count). The summed E-state index contributed by atoms with van der Waals surface area (Å²) in [5.41, 5.74) is 1.02. The van der Waals surface area contributed by atoms with Gasteiger partial charge in [-0.05, 0) is 5.56 Å². The summed E-state index contributed by atoms with van der Waals surface area (Å²) in [4.78, 5) is 10.4. The summed E-state index contributed by atoms with van der Waals surface area (Å²) in [6.07, 6.45) is 14.4. The van der Waals surface area contributed by atoms with Crippen LogP contribution in [0, 0.1) is 0 Å². The van der Waals surface area contributed by atoms with Gasteiger partial charge in [0.25, 0.3) is 0 Å². The zero-order valence-electron chi connectivity index (χ0n) is 15.5. The van der Waals surface area contributed by atoms with Crippen molar-refractivity contribution in [3.63, 3.8) is 0 Å². The first kappa shape index (κ1) is 21.7. The zero-order valence-corrected chi connectivity index (χ0v) is 15.5. The van der Waals surface area contributed by atoms with Gasteiger partial charge < -0.3 is 4.74 Å². The highest BCUT2D eigenvalue weighted by molar-refractivity contribution is 5.65. The van der Waals surface area contributed by atoms with Crippen molar-refractivity contribution in [2.24, 2.45) is 0 Å². The molecule has 0 radical (unpaired) electrons. The van der Waals surface area contributed by atoms with E-state index in [0.29, 0.717) is 6.61 Å². The fraction of sp³-hybridized carbons (Fsp3) is 0.667. The van der Waals surface area contributed by atoms with Crippen molar-refractivity contribution in [3.8, 4) is 0 Å². The van der Waals surface area contributed by atoms with Crippen LogP contribution < -0.4 is 0 Å². The second-order valence-corrected chi connectivity index (χ2v) is 6.09. The maximum absolute atomic E-state index is 10.4. The molecular weight excluding hydrogens is 284 g/mol. The number of carbonyl (C=O) groups excluding carboxylic acids is 1. The summed E-state index contributed by atoms with van der Waals surface area (Å²) < 4.78 is 4.79. The minimum Gasteiger partial charge on any atom is -0.461 e. The van der Waals surface area contributed by atoms with Crippen molar-refractivity contribution < 1.29 is 9.53 Å². The maximum atomic E-state index is 10.4. The lowest BCUT2D eigenvalue weighted by atomic mass is 10.1. The smallest absolute Gasteiger partial charge is 0.302 e. The monoisotopic (exact) mass is 320 g/mol. The van der Waals surface area contributed by atoms with Gasteiger partial charge in [-0.2, -0.15) is 0 Å². The van der Waals surface area contributed by atoms with Crippen molar-refractivity contribution in [3.05, 3.63) is 35.9 Å². The molecule has 0 bridgehead atoms. The van der Waals surface area contributed by atoms with Crippen molar-refractivity contribution in [1.29, 1.82) is 0 Å². The lowest BCUT2D eigenvalue weighted by molar-refractivity contribution is -0.142. The Morgan fingerprint density at radius 2 is 1.22 bits per heavy atom. The van der Waals surface area contributed by atoms with Gasteiger partial charge in [-0.3, -0.25) is 4.79 Å². The lowest BCUT2D eigenvalue weighted by Gasteiger charge is -1.99. The van der Waals surface area contributed by atoms with Gasteiger partial charge in [0.15, 0.2) is 0 Å². The maximum Gasteiger partial charge on any atom is 0.302 e. The molecule has 0 saturated carbocycles. The zero-order chi connectivity index (χ0) is 17.2. The van der Waals surface area contributed by atoms with Crippen LogP contribution in [0.25, 0.3) is 0 Å². The van der Waals surface area contributed by atoms with Gasteiger partial charge in [0.2, 0.25) is 0 Å². The molecule has 0 unspecified atom stereocenters. The number of hydrogen-bond donors (Lipinski definition) is 0. The van der Waals surface area contributed by atoms with Gasteiger partial charge in [0, 0.05) is 6.92 Å². The molecule has 0 saturated heterocycles. The van der Waals surface area contributed by atoms with Crippen LogP contribution in [0.1, 0.15) is 90.5 Å². The Labute approximate surface area is 143 Å². The summed E-state index contributed by atoms with van der Waals surface area (Å²) in [5.74, 6) is -0.242. The molecule has 0 heterocycles. The number of hydrogen-bond acceptors (Lipinski definition) is 2. The average Bonchev–Trinajstić information content (AvgIpc) is 2.57. The van der Waals surface area contributed by atoms with E-state index >= 15 is 0 Å². The van der Waals surface area contributed by atoms with Crippen LogP contribution in [0.2, 0.25) is 0 Å². The third-order valence-electron chi connectivity index (χ3n) is 3.74. The Bertz CT molecular complexity index is 349. The summed E-state index contributed by atoms with van der Waals surface area (Å²) in [7, 11) is 0. The molecule has 0 amide bonds. The third kappa shape index (κ3) is 16.9. The molecule has 0 aromatic heterocycles. The van der Waals surface area contributed by atoms with Crippen molar-refractivity contribution in [1.82, 2.24) is 0 Å². The molecule has 2 nitrogen and oxygen atoms in total. The van der Waals surface area contributed by atoms with Crippen molar-refractivity contribution in [2.45, 2.75) is 91.6 Å². The number of esters is 1. The molecule has 2 heteroatoms. The predicted molar refractivity (Wildman–Crippen MR) is 99.4 cm³/mol. The second kappa shape index (κ2) is 17.1. The Morgan fingerprint density at radius 1 is 0.783 bits per heavy atom. The Balaban J connectivity index is 0.000000422. The van der Waals surface area contributed by atoms with E-state index < -0.39 is 0 Å². The number of unbranched alkanes of at least 4 members (excludes halogenated alkanes) is 9. The van der Waals surface area contributed by atoms with Gasteiger partial charge in [-0.25, -0.2) is 0 Å². The molecular formula is C21H36O2. The van der Waals surface area contributed by atoms with E-state index in [4.69, 9.17) is 4.74 Å². The van der Waals surface area contributed by atoms with Crippen molar-refractivity contribution in [2.75, 3.05) is 0 Å².